The molecule has 0 unspecified atom stereocenters. The van der Waals surface area contributed by atoms with Gasteiger partial charge in [0.05, 0.1) is 11.4 Å². The van der Waals surface area contributed by atoms with Crippen LogP contribution in [0, 0.1) is 5.92 Å². The van der Waals surface area contributed by atoms with E-state index in [4.69, 9.17) is 0 Å². The fourth-order valence-electron chi connectivity index (χ4n) is 1.86. The molecule has 0 saturated heterocycles. The van der Waals surface area contributed by atoms with E-state index in [-0.39, 0.29) is 11.7 Å². The van der Waals surface area contributed by atoms with Gasteiger partial charge in [0.1, 0.15) is 14.2 Å². The van der Waals surface area contributed by atoms with Crippen molar-refractivity contribution < 1.29 is 8.42 Å². The summed E-state index contributed by atoms with van der Waals surface area (Å²) in [7, 11) is -2.88. The fraction of sp³-hybridized carbons (Fsp3) is 0.462. The minimum Gasteiger partial charge on any atom is -0.235 e. The number of nitrogens with zero attached hydrogens (tertiary/aromatic N) is 1. The van der Waals surface area contributed by atoms with Crippen molar-refractivity contribution in [1.29, 1.82) is 0 Å². The molecular formula is C13H17NO2S3. The fourth-order valence-corrected chi connectivity index (χ4v) is 5.27. The minimum absolute atomic E-state index is 0.153. The third-order valence-corrected chi connectivity index (χ3v) is 6.38. The van der Waals surface area contributed by atoms with Gasteiger partial charge >= 0.3 is 0 Å². The van der Waals surface area contributed by atoms with E-state index in [0.717, 1.165) is 21.6 Å². The lowest BCUT2D eigenvalue weighted by Crippen LogP contribution is -2.14. The van der Waals surface area contributed by atoms with Crippen molar-refractivity contribution in [3.63, 3.8) is 0 Å². The second kappa shape index (κ2) is 6.33. The Hall–Kier alpha value is -0.460. The van der Waals surface area contributed by atoms with Crippen LogP contribution < -0.4 is 0 Å². The van der Waals surface area contributed by atoms with Gasteiger partial charge in [-0.3, -0.25) is 0 Å². The largest absolute Gasteiger partial charge is 0.235 e. The second-order valence-electron chi connectivity index (χ2n) is 4.80. The summed E-state index contributed by atoms with van der Waals surface area (Å²) >= 11 is 3.39. The lowest BCUT2D eigenvalue weighted by Gasteiger charge is -2.15. The number of hydrogen-bond acceptors (Lipinski definition) is 5. The van der Waals surface area contributed by atoms with Crippen molar-refractivity contribution in [3.8, 4) is 0 Å². The molecule has 19 heavy (non-hydrogen) atoms. The topological polar surface area (TPSA) is 46.5 Å². The standard InChI is InChI=1S/C13H17NO2S3/c1-10(9-19(2,15)16)7-17-13-14-12-6-4-3-5-11(12)8-18-13/h3-6,10H,7-9H2,1-2H3/t10-/m0/s1. The molecule has 0 saturated carbocycles. The van der Waals surface area contributed by atoms with E-state index < -0.39 is 9.84 Å². The number of rotatable bonds is 4. The van der Waals surface area contributed by atoms with Crippen LogP contribution in [0.1, 0.15) is 12.5 Å². The van der Waals surface area contributed by atoms with Crippen LogP contribution >= 0.6 is 23.5 Å². The number of fused-ring (bicyclic) bond motifs is 1. The van der Waals surface area contributed by atoms with Gasteiger partial charge in [0.15, 0.2) is 0 Å². The van der Waals surface area contributed by atoms with Crippen LogP contribution in [-0.4, -0.2) is 30.6 Å². The monoisotopic (exact) mass is 315 g/mol. The molecular weight excluding hydrogens is 298 g/mol. The average Bonchev–Trinajstić information content (AvgIpc) is 2.34. The van der Waals surface area contributed by atoms with E-state index in [1.54, 1.807) is 23.5 Å². The zero-order valence-corrected chi connectivity index (χ0v) is 13.4. The Labute approximate surface area is 123 Å². The van der Waals surface area contributed by atoms with Crippen LogP contribution in [-0.2, 0) is 15.6 Å². The highest BCUT2D eigenvalue weighted by atomic mass is 32.2. The van der Waals surface area contributed by atoms with Crippen molar-refractivity contribution in [1.82, 2.24) is 0 Å². The molecule has 0 bridgehead atoms. The molecule has 1 heterocycles. The summed E-state index contributed by atoms with van der Waals surface area (Å²) in [5.41, 5.74) is 2.31. The molecule has 0 aliphatic carbocycles. The second-order valence-corrected chi connectivity index (χ2v) is 9.22. The number of sulfone groups is 1. The van der Waals surface area contributed by atoms with Crippen LogP contribution in [0.5, 0.6) is 0 Å². The van der Waals surface area contributed by atoms with Gasteiger partial charge in [-0.25, -0.2) is 13.4 Å². The Balaban J connectivity index is 1.93. The molecule has 0 aromatic heterocycles. The van der Waals surface area contributed by atoms with E-state index in [2.05, 4.69) is 11.1 Å². The molecule has 6 heteroatoms. The summed E-state index contributed by atoms with van der Waals surface area (Å²) in [4.78, 5) is 4.61. The van der Waals surface area contributed by atoms with Crippen molar-refractivity contribution in [2.45, 2.75) is 12.7 Å². The third kappa shape index (κ3) is 4.85. The molecule has 2 rings (SSSR count). The van der Waals surface area contributed by atoms with E-state index in [0.29, 0.717) is 0 Å². The van der Waals surface area contributed by atoms with Gasteiger partial charge in [-0.2, -0.15) is 0 Å². The lowest BCUT2D eigenvalue weighted by molar-refractivity contribution is 0.589. The smallest absolute Gasteiger partial charge is 0.147 e. The molecule has 1 aromatic rings. The number of thioether (sulfide) groups is 2. The summed E-state index contributed by atoms with van der Waals surface area (Å²) in [5.74, 6) is 2.14. The van der Waals surface area contributed by atoms with Gasteiger partial charge in [-0.1, -0.05) is 48.6 Å². The van der Waals surface area contributed by atoms with Crippen LogP contribution in [0.15, 0.2) is 29.3 Å². The molecule has 3 nitrogen and oxygen atoms in total. The predicted octanol–water partition coefficient (Wildman–Crippen LogP) is 3.33. The van der Waals surface area contributed by atoms with Crippen LogP contribution in [0.4, 0.5) is 5.69 Å². The van der Waals surface area contributed by atoms with E-state index in [9.17, 15) is 8.42 Å². The van der Waals surface area contributed by atoms with Gasteiger partial charge in [0.2, 0.25) is 0 Å². The molecule has 1 aliphatic rings. The molecule has 0 amide bonds. The van der Waals surface area contributed by atoms with E-state index in [1.165, 1.54) is 11.8 Å². The normalized spacial score (nSPS) is 16.6. The summed E-state index contributed by atoms with van der Waals surface area (Å²) in [6.07, 6.45) is 1.29. The first-order valence-electron chi connectivity index (χ1n) is 6.04. The first-order valence-corrected chi connectivity index (χ1v) is 10.1. The predicted molar refractivity (Wildman–Crippen MR) is 86.2 cm³/mol. The van der Waals surface area contributed by atoms with Gasteiger partial charge in [-0.05, 0) is 17.5 Å². The first-order chi connectivity index (χ1) is 8.94. The van der Waals surface area contributed by atoms with Crippen LogP contribution in [0.25, 0.3) is 0 Å². The Morgan fingerprint density at radius 2 is 2.16 bits per heavy atom. The number of aliphatic imine (C=N–C) groups is 1. The molecule has 1 aromatic carbocycles. The number of benzene rings is 1. The maximum Gasteiger partial charge on any atom is 0.147 e. The third-order valence-electron chi connectivity index (χ3n) is 2.63. The summed E-state index contributed by atoms with van der Waals surface area (Å²) in [5, 5.41) is 0. The average molecular weight is 315 g/mol. The molecule has 0 radical (unpaired) electrons. The zero-order chi connectivity index (χ0) is 13.9. The molecule has 0 fully saturated rings. The highest BCUT2D eigenvalue weighted by Crippen LogP contribution is 2.34. The van der Waals surface area contributed by atoms with Gasteiger partial charge < -0.3 is 0 Å². The lowest BCUT2D eigenvalue weighted by atomic mass is 10.2. The maximum atomic E-state index is 11.2. The molecule has 104 valence electrons. The minimum atomic E-state index is -2.88. The Kier molecular flexibility index (Phi) is 4.97. The van der Waals surface area contributed by atoms with Gasteiger partial charge in [0, 0.05) is 17.8 Å². The molecule has 0 N–H and O–H groups in total. The van der Waals surface area contributed by atoms with Gasteiger partial charge in [0.25, 0.3) is 0 Å². The molecule has 1 aliphatic heterocycles. The Bertz CT molecular complexity index is 581. The number of para-hydroxylation sites is 1. The summed E-state index contributed by atoms with van der Waals surface area (Å²) < 4.78 is 23.5. The maximum absolute atomic E-state index is 11.2. The zero-order valence-electron chi connectivity index (χ0n) is 11.0. The quantitative estimate of drug-likeness (QED) is 0.855. The summed E-state index contributed by atoms with van der Waals surface area (Å²) in [6.45, 7) is 1.97. The van der Waals surface area contributed by atoms with Crippen LogP contribution in [0.2, 0.25) is 0 Å². The van der Waals surface area contributed by atoms with Crippen molar-refractivity contribution in [2.75, 3.05) is 17.8 Å². The SMILES string of the molecule is C[C@@H](CSC1=Nc2ccccc2CS1)CS(C)(=O)=O. The Morgan fingerprint density at radius 1 is 1.42 bits per heavy atom. The van der Waals surface area contributed by atoms with Crippen LogP contribution in [0.3, 0.4) is 0 Å². The van der Waals surface area contributed by atoms with E-state index in [1.807, 2.05) is 25.1 Å². The van der Waals surface area contributed by atoms with Gasteiger partial charge in [-0.15, -0.1) is 0 Å². The number of hydrogen-bond donors (Lipinski definition) is 0. The van der Waals surface area contributed by atoms with Crippen molar-refractivity contribution in [2.24, 2.45) is 10.9 Å². The molecule has 1 atom stereocenters. The highest BCUT2D eigenvalue weighted by molar-refractivity contribution is 8.38. The first kappa shape index (κ1) is 14.9. The van der Waals surface area contributed by atoms with Crippen molar-refractivity contribution in [3.05, 3.63) is 29.8 Å². The molecule has 0 spiro atoms. The highest BCUT2D eigenvalue weighted by Gasteiger charge is 2.15. The van der Waals surface area contributed by atoms with E-state index >= 15 is 0 Å². The Morgan fingerprint density at radius 3 is 2.89 bits per heavy atom. The van der Waals surface area contributed by atoms with Crippen molar-refractivity contribution >= 4 is 43.4 Å². The summed E-state index contributed by atoms with van der Waals surface area (Å²) in [6, 6.07) is 8.14.